The zero-order valence-corrected chi connectivity index (χ0v) is 12.0. The molecule has 0 saturated carbocycles. The molecule has 2 aromatic carbocycles. The van der Waals surface area contributed by atoms with Gasteiger partial charge in [0.15, 0.2) is 0 Å². The molecule has 0 aromatic heterocycles. The molecule has 0 fully saturated rings. The molecule has 0 saturated heterocycles. The van der Waals surface area contributed by atoms with E-state index in [1.54, 1.807) is 6.07 Å². The molecule has 0 atom stereocenters. The molecule has 0 heterocycles. The monoisotopic (exact) mass is 296 g/mol. The van der Waals surface area contributed by atoms with E-state index in [2.05, 4.69) is 0 Å². The van der Waals surface area contributed by atoms with Crippen LogP contribution in [0.1, 0.15) is 12.5 Å². The molecule has 0 radical (unpaired) electrons. The Morgan fingerprint density at radius 2 is 1.68 bits per heavy atom. The Hall–Kier alpha value is -1.38. The van der Waals surface area contributed by atoms with Crippen molar-refractivity contribution in [1.29, 1.82) is 0 Å². The van der Waals surface area contributed by atoms with Crippen LogP contribution >= 0.6 is 23.2 Å². The van der Waals surface area contributed by atoms with E-state index in [9.17, 15) is 0 Å². The maximum absolute atomic E-state index is 6.13. The minimum atomic E-state index is 0.434. The van der Waals surface area contributed by atoms with Crippen molar-refractivity contribution in [2.45, 2.75) is 12.8 Å². The first-order valence-electron chi connectivity index (χ1n) is 5.98. The molecule has 0 bridgehead atoms. The normalized spacial score (nSPS) is 10.3. The highest BCUT2D eigenvalue weighted by molar-refractivity contribution is 6.32. The summed E-state index contributed by atoms with van der Waals surface area (Å²) in [6, 6.07) is 12.9. The second-order valence-corrected chi connectivity index (χ2v) is 4.58. The van der Waals surface area contributed by atoms with Gasteiger partial charge in [0.1, 0.15) is 17.2 Å². The average Bonchev–Trinajstić information content (AvgIpc) is 2.43. The lowest BCUT2D eigenvalue weighted by Crippen LogP contribution is -1.91. The van der Waals surface area contributed by atoms with E-state index >= 15 is 0 Å². The van der Waals surface area contributed by atoms with Crippen molar-refractivity contribution < 1.29 is 9.47 Å². The highest BCUT2D eigenvalue weighted by Crippen LogP contribution is 2.31. The molecule has 19 heavy (non-hydrogen) atoms. The first-order valence-corrected chi connectivity index (χ1v) is 6.89. The number of hydrogen-bond acceptors (Lipinski definition) is 2. The predicted octanol–water partition coefficient (Wildman–Crippen LogP) is 5.27. The largest absolute Gasteiger partial charge is 0.494 e. The van der Waals surface area contributed by atoms with Crippen molar-refractivity contribution in [2.75, 3.05) is 6.61 Å². The summed E-state index contributed by atoms with van der Waals surface area (Å²) in [6.07, 6.45) is 0. The first kappa shape index (κ1) is 14.0. The van der Waals surface area contributed by atoms with E-state index in [0.29, 0.717) is 29.0 Å². The molecule has 0 aliphatic carbocycles. The van der Waals surface area contributed by atoms with Gasteiger partial charge in [-0.1, -0.05) is 17.7 Å². The molecule has 0 amide bonds. The minimum Gasteiger partial charge on any atom is -0.494 e. The van der Waals surface area contributed by atoms with Gasteiger partial charge >= 0.3 is 0 Å². The summed E-state index contributed by atoms with van der Waals surface area (Å²) in [5.41, 5.74) is 0.964. The van der Waals surface area contributed by atoms with Crippen LogP contribution in [-0.2, 0) is 5.88 Å². The summed E-state index contributed by atoms with van der Waals surface area (Å²) in [7, 11) is 0. The summed E-state index contributed by atoms with van der Waals surface area (Å²) in [6.45, 7) is 2.59. The minimum absolute atomic E-state index is 0.434. The number of halogens is 2. The lowest BCUT2D eigenvalue weighted by molar-refractivity contribution is 0.339. The second-order valence-electron chi connectivity index (χ2n) is 3.90. The molecule has 0 spiro atoms. The van der Waals surface area contributed by atoms with Crippen molar-refractivity contribution in [3.8, 4) is 17.2 Å². The third-order valence-corrected chi connectivity index (χ3v) is 3.12. The molecule has 4 heteroatoms. The van der Waals surface area contributed by atoms with E-state index in [-0.39, 0.29) is 0 Å². The summed E-state index contributed by atoms with van der Waals surface area (Å²) in [4.78, 5) is 0. The van der Waals surface area contributed by atoms with Crippen LogP contribution in [-0.4, -0.2) is 6.61 Å². The first-order chi connectivity index (χ1) is 9.22. The molecule has 2 aromatic rings. The number of benzene rings is 2. The Balaban J connectivity index is 2.12. The number of hydrogen-bond donors (Lipinski definition) is 0. The van der Waals surface area contributed by atoms with Crippen molar-refractivity contribution in [3.63, 3.8) is 0 Å². The molecule has 2 rings (SSSR count). The number of ether oxygens (including phenoxy) is 2. The van der Waals surface area contributed by atoms with Crippen LogP contribution in [0.15, 0.2) is 42.5 Å². The highest BCUT2D eigenvalue weighted by atomic mass is 35.5. The van der Waals surface area contributed by atoms with Crippen molar-refractivity contribution in [2.24, 2.45) is 0 Å². The molecule has 0 aliphatic heterocycles. The van der Waals surface area contributed by atoms with E-state index in [4.69, 9.17) is 32.7 Å². The maximum Gasteiger partial charge on any atom is 0.146 e. The van der Waals surface area contributed by atoms with Gasteiger partial charge in [-0.15, -0.1) is 11.6 Å². The third-order valence-electron chi connectivity index (χ3n) is 2.51. The van der Waals surface area contributed by atoms with Crippen LogP contribution in [0.3, 0.4) is 0 Å². The molecular weight excluding hydrogens is 283 g/mol. The van der Waals surface area contributed by atoms with Gasteiger partial charge in [0.05, 0.1) is 11.6 Å². The molecule has 100 valence electrons. The third kappa shape index (κ3) is 3.79. The Morgan fingerprint density at radius 3 is 2.26 bits per heavy atom. The van der Waals surface area contributed by atoms with Crippen LogP contribution in [0.4, 0.5) is 0 Å². The standard InChI is InChI=1S/C15H14Cl2O2/c1-2-18-12-4-6-13(7-5-12)19-15-8-3-11(10-16)9-14(15)17/h3-9H,2,10H2,1H3. The van der Waals surface area contributed by atoms with Crippen molar-refractivity contribution in [3.05, 3.63) is 53.1 Å². The van der Waals surface area contributed by atoms with E-state index in [0.717, 1.165) is 11.3 Å². The van der Waals surface area contributed by atoms with Crippen LogP contribution in [0.5, 0.6) is 17.2 Å². The van der Waals surface area contributed by atoms with Crippen molar-refractivity contribution >= 4 is 23.2 Å². The summed E-state index contributed by atoms with van der Waals surface area (Å²) < 4.78 is 11.1. The zero-order chi connectivity index (χ0) is 13.7. The molecule has 0 unspecified atom stereocenters. The second kappa shape index (κ2) is 6.69. The van der Waals surface area contributed by atoms with E-state index in [1.165, 1.54) is 0 Å². The summed E-state index contributed by atoms with van der Waals surface area (Å²) in [5.74, 6) is 2.57. The fourth-order valence-corrected chi connectivity index (χ4v) is 2.02. The topological polar surface area (TPSA) is 18.5 Å². The van der Waals surface area contributed by atoms with Gasteiger partial charge in [0.2, 0.25) is 0 Å². The van der Waals surface area contributed by atoms with Crippen molar-refractivity contribution in [1.82, 2.24) is 0 Å². The smallest absolute Gasteiger partial charge is 0.146 e. The van der Waals surface area contributed by atoms with Gasteiger partial charge in [0.25, 0.3) is 0 Å². The van der Waals surface area contributed by atoms with Gasteiger partial charge in [-0.05, 0) is 48.9 Å². The number of alkyl halides is 1. The van der Waals surface area contributed by atoms with E-state index < -0.39 is 0 Å². The lowest BCUT2D eigenvalue weighted by atomic mass is 10.2. The fraction of sp³-hybridized carbons (Fsp3) is 0.200. The fourth-order valence-electron chi connectivity index (χ4n) is 1.61. The van der Waals surface area contributed by atoms with Gasteiger partial charge in [-0.25, -0.2) is 0 Å². The SMILES string of the molecule is CCOc1ccc(Oc2ccc(CCl)cc2Cl)cc1. The van der Waals surface area contributed by atoms with E-state index in [1.807, 2.05) is 43.3 Å². The van der Waals surface area contributed by atoms with Crippen LogP contribution in [0.2, 0.25) is 5.02 Å². The van der Waals surface area contributed by atoms with Gasteiger partial charge in [-0.3, -0.25) is 0 Å². The van der Waals surface area contributed by atoms with Gasteiger partial charge < -0.3 is 9.47 Å². The quantitative estimate of drug-likeness (QED) is 0.700. The average molecular weight is 297 g/mol. The molecule has 0 aliphatic rings. The summed E-state index contributed by atoms with van der Waals surface area (Å²) >= 11 is 11.9. The Labute approximate surface area is 122 Å². The number of rotatable bonds is 5. The van der Waals surface area contributed by atoms with Gasteiger partial charge in [-0.2, -0.15) is 0 Å². The van der Waals surface area contributed by atoms with Crippen LogP contribution in [0.25, 0.3) is 0 Å². The Kier molecular flexibility index (Phi) is 4.94. The predicted molar refractivity (Wildman–Crippen MR) is 78.7 cm³/mol. The zero-order valence-electron chi connectivity index (χ0n) is 10.5. The van der Waals surface area contributed by atoms with Crippen LogP contribution in [0, 0.1) is 0 Å². The molecule has 2 nitrogen and oxygen atoms in total. The molecular formula is C15H14Cl2O2. The Morgan fingerprint density at radius 1 is 1.00 bits per heavy atom. The van der Waals surface area contributed by atoms with Crippen LogP contribution < -0.4 is 9.47 Å². The summed E-state index contributed by atoms with van der Waals surface area (Å²) in [5, 5.41) is 0.548. The Bertz CT molecular complexity index is 538. The maximum atomic E-state index is 6.13. The molecule has 0 N–H and O–H groups in total. The highest BCUT2D eigenvalue weighted by Gasteiger charge is 2.04. The van der Waals surface area contributed by atoms with Gasteiger partial charge in [0, 0.05) is 5.88 Å². The lowest BCUT2D eigenvalue weighted by Gasteiger charge is -2.09.